The molecule has 0 bridgehead atoms. The highest BCUT2D eigenvalue weighted by Crippen LogP contribution is 2.33. The molecule has 0 fully saturated rings. The molecule has 0 N–H and O–H groups in total. The number of hydrogen-bond donors (Lipinski definition) is 0. The third-order valence-corrected chi connectivity index (χ3v) is 8.18. The molecule has 0 saturated carbocycles. The van der Waals surface area contributed by atoms with Crippen LogP contribution in [0.15, 0.2) is 85.0 Å². The smallest absolute Gasteiger partial charge is 0.305 e. The maximum atomic E-state index is 13.7. The van der Waals surface area contributed by atoms with E-state index in [4.69, 9.17) is 14.2 Å². The van der Waals surface area contributed by atoms with Crippen molar-refractivity contribution in [3.8, 4) is 11.5 Å². The fourth-order valence-corrected chi connectivity index (χ4v) is 5.42. The summed E-state index contributed by atoms with van der Waals surface area (Å²) in [6.07, 6.45) is 16.2. The van der Waals surface area contributed by atoms with Gasteiger partial charge in [-0.15, -0.1) is 0 Å². The molecular weight excluding hydrogens is 552 g/mol. The van der Waals surface area contributed by atoms with Crippen molar-refractivity contribution in [1.82, 2.24) is 0 Å². The average molecular weight is 601 g/mol. The molecule has 44 heavy (non-hydrogen) atoms. The second-order valence-electron chi connectivity index (χ2n) is 11.5. The van der Waals surface area contributed by atoms with Crippen LogP contribution >= 0.6 is 0 Å². The molecular formula is C38H48O6. The summed E-state index contributed by atoms with van der Waals surface area (Å²) < 4.78 is 16.0. The lowest BCUT2D eigenvalue weighted by atomic mass is 9.77. The van der Waals surface area contributed by atoms with Crippen molar-refractivity contribution in [2.24, 2.45) is 17.8 Å². The lowest BCUT2D eigenvalue weighted by molar-refractivity contribution is -0.143. The van der Waals surface area contributed by atoms with Crippen LogP contribution in [-0.2, 0) is 25.5 Å². The first-order valence-electron chi connectivity index (χ1n) is 15.9. The zero-order valence-corrected chi connectivity index (χ0v) is 26.7. The lowest BCUT2D eigenvalue weighted by Crippen LogP contribution is -2.25. The second-order valence-corrected chi connectivity index (χ2v) is 11.5. The third kappa shape index (κ3) is 11.6. The summed E-state index contributed by atoms with van der Waals surface area (Å²) in [5.41, 5.74) is 2.20. The maximum absolute atomic E-state index is 13.7. The van der Waals surface area contributed by atoms with Gasteiger partial charge >= 0.3 is 5.97 Å². The van der Waals surface area contributed by atoms with Crippen LogP contribution in [0.25, 0.3) is 0 Å². The molecule has 236 valence electrons. The number of carbonyl (C=O) groups is 3. The summed E-state index contributed by atoms with van der Waals surface area (Å²) in [5.74, 6) is 1.18. The maximum Gasteiger partial charge on any atom is 0.305 e. The first kappa shape index (κ1) is 34.6. The van der Waals surface area contributed by atoms with E-state index < -0.39 is 0 Å². The Morgan fingerprint density at radius 1 is 0.932 bits per heavy atom. The predicted molar refractivity (Wildman–Crippen MR) is 175 cm³/mol. The molecule has 1 aliphatic rings. The SMILES string of the molecule is CCOC(=O)CCCOc1ccc([C@H](C)C(C[C@H](C)C(=O)/C=C/C2C=CC=CC2)C(=O)CCCc2ccc(OC)cc2)cc1. The van der Waals surface area contributed by atoms with Gasteiger partial charge in [0.1, 0.15) is 17.3 Å². The summed E-state index contributed by atoms with van der Waals surface area (Å²) in [4.78, 5) is 38.4. The minimum atomic E-state index is -0.285. The fourth-order valence-electron chi connectivity index (χ4n) is 5.42. The summed E-state index contributed by atoms with van der Waals surface area (Å²) in [6.45, 7) is 6.60. The quantitative estimate of drug-likeness (QED) is 0.0923. The first-order valence-corrected chi connectivity index (χ1v) is 15.9. The summed E-state index contributed by atoms with van der Waals surface area (Å²) >= 11 is 0. The molecule has 2 unspecified atom stereocenters. The number of Topliss-reactive ketones (excluding diaryl/α,β-unsaturated/α-hetero) is 1. The number of benzene rings is 2. The number of esters is 1. The normalized spacial score (nSPS) is 16.3. The van der Waals surface area contributed by atoms with Crippen molar-refractivity contribution < 1.29 is 28.6 Å². The van der Waals surface area contributed by atoms with Gasteiger partial charge in [-0.1, -0.05) is 68.5 Å². The van der Waals surface area contributed by atoms with Crippen molar-refractivity contribution in [3.63, 3.8) is 0 Å². The minimum absolute atomic E-state index is 0.0581. The van der Waals surface area contributed by atoms with Crippen LogP contribution in [0.5, 0.6) is 11.5 Å². The van der Waals surface area contributed by atoms with E-state index >= 15 is 0 Å². The Labute approximate surface area is 263 Å². The molecule has 3 rings (SSSR count). The van der Waals surface area contributed by atoms with Gasteiger partial charge in [0.15, 0.2) is 5.78 Å². The third-order valence-electron chi connectivity index (χ3n) is 8.18. The van der Waals surface area contributed by atoms with Crippen molar-refractivity contribution in [3.05, 3.63) is 96.1 Å². The number of hydrogen-bond acceptors (Lipinski definition) is 6. The highest BCUT2D eigenvalue weighted by molar-refractivity contribution is 5.92. The Morgan fingerprint density at radius 2 is 1.66 bits per heavy atom. The molecule has 0 amide bonds. The topological polar surface area (TPSA) is 78.9 Å². The summed E-state index contributed by atoms with van der Waals surface area (Å²) in [6, 6.07) is 15.8. The zero-order chi connectivity index (χ0) is 31.7. The molecule has 0 radical (unpaired) electrons. The van der Waals surface area contributed by atoms with Gasteiger partial charge < -0.3 is 14.2 Å². The van der Waals surface area contributed by atoms with Gasteiger partial charge in [-0.25, -0.2) is 0 Å². The van der Waals surface area contributed by atoms with E-state index in [1.807, 2.05) is 73.7 Å². The Kier molecular flexibility index (Phi) is 14.7. The predicted octanol–water partition coefficient (Wildman–Crippen LogP) is 8.01. The van der Waals surface area contributed by atoms with Gasteiger partial charge in [0.05, 0.1) is 20.3 Å². The van der Waals surface area contributed by atoms with Crippen LogP contribution < -0.4 is 9.47 Å². The minimum Gasteiger partial charge on any atom is -0.497 e. The molecule has 0 aromatic heterocycles. The van der Waals surface area contributed by atoms with Crippen LogP contribution in [0, 0.1) is 17.8 Å². The largest absolute Gasteiger partial charge is 0.497 e. The van der Waals surface area contributed by atoms with E-state index in [9.17, 15) is 14.4 Å². The standard InChI is InChI=1S/C38H48O6/c1-5-43-38(41)15-10-26-44-34-23-19-32(20-24-34)29(3)35(27-28(2)36(39)25-18-30-11-7-6-8-12-30)37(40)14-9-13-31-16-21-33(42-4)22-17-31/h6-8,11,16-25,28-30,35H,5,9-10,12-15,26-27H2,1-4H3/b25-18+/t28-,29-,30?,35?/m0/s1. The van der Waals surface area contributed by atoms with Crippen LogP contribution in [0.1, 0.15) is 76.3 Å². The molecule has 0 aliphatic heterocycles. The number of ketones is 2. The Balaban J connectivity index is 1.64. The van der Waals surface area contributed by atoms with Crippen molar-refractivity contribution in [2.75, 3.05) is 20.3 Å². The Morgan fingerprint density at radius 3 is 2.32 bits per heavy atom. The Hall–Kier alpha value is -3.93. The van der Waals surface area contributed by atoms with Crippen LogP contribution in [0.4, 0.5) is 0 Å². The lowest BCUT2D eigenvalue weighted by Gasteiger charge is -2.26. The second kappa shape index (κ2) is 18.7. The molecule has 0 heterocycles. The van der Waals surface area contributed by atoms with E-state index in [-0.39, 0.29) is 41.2 Å². The summed E-state index contributed by atoms with van der Waals surface area (Å²) in [5, 5.41) is 0. The fraction of sp³-hybridized carbons (Fsp3) is 0.447. The highest BCUT2D eigenvalue weighted by Gasteiger charge is 2.29. The number of allylic oxidation sites excluding steroid dienone is 6. The van der Waals surface area contributed by atoms with Crippen molar-refractivity contribution >= 4 is 17.5 Å². The van der Waals surface area contributed by atoms with E-state index in [0.717, 1.165) is 30.6 Å². The first-order chi connectivity index (χ1) is 21.3. The van der Waals surface area contributed by atoms with E-state index in [2.05, 4.69) is 19.1 Å². The van der Waals surface area contributed by atoms with E-state index in [0.29, 0.717) is 44.6 Å². The van der Waals surface area contributed by atoms with Gasteiger partial charge in [0.25, 0.3) is 0 Å². The van der Waals surface area contributed by atoms with Crippen LogP contribution in [-0.4, -0.2) is 37.9 Å². The van der Waals surface area contributed by atoms with Gasteiger partial charge in [0, 0.05) is 24.7 Å². The number of rotatable bonds is 19. The van der Waals surface area contributed by atoms with Gasteiger partial charge in [-0.3, -0.25) is 14.4 Å². The number of ether oxygens (including phenoxy) is 3. The molecule has 1 aliphatic carbocycles. The Bertz CT molecular complexity index is 1270. The van der Waals surface area contributed by atoms with Crippen molar-refractivity contribution in [1.29, 1.82) is 0 Å². The van der Waals surface area contributed by atoms with E-state index in [1.165, 1.54) is 5.56 Å². The number of methoxy groups -OCH3 is 1. The molecule has 6 heteroatoms. The van der Waals surface area contributed by atoms with Crippen LogP contribution in [0.2, 0.25) is 0 Å². The van der Waals surface area contributed by atoms with Gasteiger partial charge in [-0.05, 0) is 92.3 Å². The van der Waals surface area contributed by atoms with Gasteiger partial charge in [0.2, 0.25) is 0 Å². The molecule has 0 spiro atoms. The molecule has 0 saturated heterocycles. The average Bonchev–Trinajstić information content (AvgIpc) is 3.05. The monoisotopic (exact) mass is 600 g/mol. The van der Waals surface area contributed by atoms with Crippen molar-refractivity contribution in [2.45, 2.75) is 71.6 Å². The molecule has 2 aromatic carbocycles. The number of aryl methyl sites for hydroxylation is 1. The number of carbonyl (C=O) groups excluding carboxylic acids is 3. The highest BCUT2D eigenvalue weighted by atomic mass is 16.5. The van der Waals surface area contributed by atoms with Gasteiger partial charge in [-0.2, -0.15) is 0 Å². The summed E-state index contributed by atoms with van der Waals surface area (Å²) in [7, 11) is 1.65. The molecule has 2 aromatic rings. The van der Waals surface area contributed by atoms with E-state index in [1.54, 1.807) is 20.1 Å². The molecule has 4 atom stereocenters. The molecule has 6 nitrogen and oxygen atoms in total. The zero-order valence-electron chi connectivity index (χ0n) is 26.7. The van der Waals surface area contributed by atoms with Crippen LogP contribution in [0.3, 0.4) is 0 Å².